The quantitative estimate of drug-likeness (QED) is 0.355. The first-order chi connectivity index (χ1) is 14.0. The second-order valence-corrected chi connectivity index (χ2v) is 6.32. The van der Waals surface area contributed by atoms with Crippen LogP contribution in [0.25, 0.3) is 0 Å². The summed E-state index contributed by atoms with van der Waals surface area (Å²) in [5.41, 5.74) is 1.53. The number of ether oxygens (including phenoxy) is 3. The first-order valence-corrected chi connectivity index (χ1v) is 9.27. The van der Waals surface area contributed by atoms with Gasteiger partial charge in [0.25, 0.3) is 5.91 Å². The number of carbonyl (C=O) groups excluding carboxylic acids is 3. The lowest BCUT2D eigenvalue weighted by molar-refractivity contribution is -0.148. The van der Waals surface area contributed by atoms with E-state index in [9.17, 15) is 14.4 Å². The van der Waals surface area contributed by atoms with E-state index in [4.69, 9.17) is 14.2 Å². The Morgan fingerprint density at radius 3 is 2.21 bits per heavy atom. The Morgan fingerprint density at radius 1 is 0.931 bits per heavy atom. The molecule has 0 aliphatic heterocycles. The summed E-state index contributed by atoms with van der Waals surface area (Å²) >= 11 is 0. The van der Waals surface area contributed by atoms with Crippen LogP contribution >= 0.6 is 0 Å². The van der Waals surface area contributed by atoms with Crippen molar-refractivity contribution in [3.63, 3.8) is 0 Å². The number of methoxy groups -OCH3 is 1. The van der Waals surface area contributed by atoms with Crippen molar-refractivity contribution in [3.8, 4) is 11.5 Å². The molecule has 2 aromatic carbocycles. The minimum Gasteiger partial charge on any atom is -0.497 e. The Morgan fingerprint density at radius 2 is 1.59 bits per heavy atom. The van der Waals surface area contributed by atoms with E-state index in [-0.39, 0.29) is 24.7 Å². The van der Waals surface area contributed by atoms with E-state index in [1.54, 1.807) is 43.5 Å². The highest BCUT2D eigenvalue weighted by Crippen LogP contribution is 2.13. The standard InChI is InChI=1S/C22H25NO6/c1-16(24)18-7-11-20(12-8-18)28-13-3-4-22(26)29-15-21(25)23-14-17-5-9-19(27-2)10-6-17/h5-12H,3-4,13-15H2,1-2H3,(H,23,25). The summed E-state index contributed by atoms with van der Waals surface area (Å²) in [7, 11) is 1.59. The fraction of sp³-hybridized carbons (Fsp3) is 0.318. The van der Waals surface area contributed by atoms with Crippen LogP contribution in [-0.2, 0) is 20.9 Å². The van der Waals surface area contributed by atoms with Gasteiger partial charge in [0, 0.05) is 18.5 Å². The Kier molecular flexibility index (Phi) is 8.69. The molecule has 0 aliphatic carbocycles. The van der Waals surface area contributed by atoms with Crippen LogP contribution in [0.15, 0.2) is 48.5 Å². The maximum Gasteiger partial charge on any atom is 0.306 e. The molecule has 1 amide bonds. The predicted molar refractivity (Wildman–Crippen MR) is 107 cm³/mol. The molecule has 7 nitrogen and oxygen atoms in total. The van der Waals surface area contributed by atoms with Gasteiger partial charge in [-0.15, -0.1) is 0 Å². The molecule has 0 saturated carbocycles. The molecule has 0 radical (unpaired) electrons. The van der Waals surface area contributed by atoms with Crippen molar-refractivity contribution in [2.75, 3.05) is 20.3 Å². The van der Waals surface area contributed by atoms with E-state index in [0.717, 1.165) is 11.3 Å². The molecular formula is C22H25NO6. The number of ketones is 1. The molecule has 0 spiro atoms. The number of rotatable bonds is 11. The highest BCUT2D eigenvalue weighted by Gasteiger charge is 2.08. The normalized spacial score (nSPS) is 10.1. The fourth-order valence-corrected chi connectivity index (χ4v) is 2.41. The van der Waals surface area contributed by atoms with Gasteiger partial charge < -0.3 is 19.5 Å². The van der Waals surface area contributed by atoms with Gasteiger partial charge in [-0.3, -0.25) is 14.4 Å². The van der Waals surface area contributed by atoms with Gasteiger partial charge in [0.2, 0.25) is 0 Å². The van der Waals surface area contributed by atoms with Crippen LogP contribution in [0.4, 0.5) is 0 Å². The van der Waals surface area contributed by atoms with Crippen LogP contribution in [-0.4, -0.2) is 38.0 Å². The molecule has 0 saturated heterocycles. The minimum absolute atomic E-state index is 0.00710. The summed E-state index contributed by atoms with van der Waals surface area (Å²) in [5, 5.41) is 2.69. The lowest BCUT2D eigenvalue weighted by Gasteiger charge is -2.08. The Labute approximate surface area is 170 Å². The molecule has 29 heavy (non-hydrogen) atoms. The van der Waals surface area contributed by atoms with Gasteiger partial charge in [0.1, 0.15) is 11.5 Å². The molecule has 0 bridgehead atoms. The number of esters is 1. The largest absolute Gasteiger partial charge is 0.497 e. The third-order valence-corrected chi connectivity index (χ3v) is 4.07. The highest BCUT2D eigenvalue weighted by atomic mass is 16.5. The van der Waals surface area contributed by atoms with E-state index in [1.807, 2.05) is 12.1 Å². The third kappa shape index (κ3) is 8.04. The van der Waals surface area contributed by atoms with E-state index >= 15 is 0 Å². The van der Waals surface area contributed by atoms with Gasteiger partial charge in [0.05, 0.1) is 13.7 Å². The lowest BCUT2D eigenvalue weighted by atomic mass is 10.1. The van der Waals surface area contributed by atoms with Gasteiger partial charge in [-0.1, -0.05) is 12.1 Å². The van der Waals surface area contributed by atoms with Crippen molar-refractivity contribution in [1.82, 2.24) is 5.32 Å². The monoisotopic (exact) mass is 399 g/mol. The zero-order valence-corrected chi connectivity index (χ0v) is 16.6. The average molecular weight is 399 g/mol. The van der Waals surface area contributed by atoms with Crippen molar-refractivity contribution >= 4 is 17.7 Å². The number of amides is 1. The second-order valence-electron chi connectivity index (χ2n) is 6.32. The average Bonchev–Trinajstić information content (AvgIpc) is 2.74. The molecular weight excluding hydrogens is 374 g/mol. The van der Waals surface area contributed by atoms with Gasteiger partial charge in [0.15, 0.2) is 12.4 Å². The Hall–Kier alpha value is -3.35. The van der Waals surface area contributed by atoms with Gasteiger partial charge in [-0.05, 0) is 55.3 Å². The minimum atomic E-state index is -0.458. The molecule has 0 unspecified atom stereocenters. The zero-order valence-electron chi connectivity index (χ0n) is 16.6. The molecule has 0 atom stereocenters. The van der Waals surface area contributed by atoms with Crippen molar-refractivity contribution < 1.29 is 28.6 Å². The van der Waals surface area contributed by atoms with E-state index < -0.39 is 5.97 Å². The first-order valence-electron chi connectivity index (χ1n) is 9.27. The van der Waals surface area contributed by atoms with Gasteiger partial charge in [-0.2, -0.15) is 0 Å². The summed E-state index contributed by atoms with van der Waals surface area (Å²) in [4.78, 5) is 34.7. The molecule has 0 aromatic heterocycles. The topological polar surface area (TPSA) is 90.9 Å². The first kappa shape index (κ1) is 21.9. The van der Waals surface area contributed by atoms with Crippen molar-refractivity contribution in [3.05, 3.63) is 59.7 Å². The van der Waals surface area contributed by atoms with Crippen molar-refractivity contribution in [1.29, 1.82) is 0 Å². The fourth-order valence-electron chi connectivity index (χ4n) is 2.41. The van der Waals surface area contributed by atoms with Gasteiger partial charge in [-0.25, -0.2) is 0 Å². The second kappa shape index (κ2) is 11.5. The maximum atomic E-state index is 11.8. The molecule has 154 valence electrons. The van der Waals surface area contributed by atoms with Crippen LogP contribution in [0.5, 0.6) is 11.5 Å². The molecule has 0 fully saturated rings. The summed E-state index contributed by atoms with van der Waals surface area (Å²) < 4.78 is 15.5. The summed E-state index contributed by atoms with van der Waals surface area (Å²) in [6.45, 7) is 1.86. The summed E-state index contributed by atoms with van der Waals surface area (Å²) in [6, 6.07) is 14.1. The van der Waals surface area contributed by atoms with Crippen LogP contribution in [0.3, 0.4) is 0 Å². The number of hydrogen-bond acceptors (Lipinski definition) is 6. The number of benzene rings is 2. The molecule has 7 heteroatoms. The third-order valence-electron chi connectivity index (χ3n) is 4.07. The highest BCUT2D eigenvalue weighted by molar-refractivity contribution is 5.94. The van der Waals surface area contributed by atoms with E-state index in [0.29, 0.717) is 30.9 Å². The molecule has 2 rings (SSSR count). The van der Waals surface area contributed by atoms with E-state index in [1.165, 1.54) is 6.92 Å². The molecule has 0 heterocycles. The van der Waals surface area contributed by atoms with Crippen LogP contribution < -0.4 is 14.8 Å². The van der Waals surface area contributed by atoms with Crippen LogP contribution in [0.2, 0.25) is 0 Å². The molecule has 1 N–H and O–H groups in total. The van der Waals surface area contributed by atoms with Crippen molar-refractivity contribution in [2.45, 2.75) is 26.3 Å². The number of hydrogen-bond donors (Lipinski definition) is 1. The number of nitrogens with one attached hydrogen (secondary N) is 1. The Balaban J connectivity index is 1.57. The molecule has 0 aliphatic rings. The van der Waals surface area contributed by atoms with Crippen LogP contribution in [0, 0.1) is 0 Å². The zero-order chi connectivity index (χ0) is 21.1. The lowest BCUT2D eigenvalue weighted by Crippen LogP contribution is -2.28. The Bertz CT molecular complexity index is 814. The van der Waals surface area contributed by atoms with Crippen LogP contribution in [0.1, 0.15) is 35.7 Å². The SMILES string of the molecule is COc1ccc(CNC(=O)COC(=O)CCCOc2ccc(C(C)=O)cc2)cc1. The predicted octanol–water partition coefficient (Wildman–Crippen LogP) is 2.92. The molecule has 2 aromatic rings. The van der Waals surface area contributed by atoms with E-state index in [2.05, 4.69) is 5.32 Å². The number of carbonyl (C=O) groups is 3. The maximum absolute atomic E-state index is 11.8. The van der Waals surface area contributed by atoms with Gasteiger partial charge >= 0.3 is 5.97 Å². The number of Topliss-reactive ketones (excluding diaryl/α,β-unsaturated/α-hetero) is 1. The smallest absolute Gasteiger partial charge is 0.306 e. The van der Waals surface area contributed by atoms with Crippen molar-refractivity contribution in [2.24, 2.45) is 0 Å². The summed E-state index contributed by atoms with van der Waals surface area (Å²) in [6.07, 6.45) is 0.609. The summed E-state index contributed by atoms with van der Waals surface area (Å²) in [5.74, 6) is 0.538.